The predicted octanol–water partition coefficient (Wildman–Crippen LogP) is 9.21. The maximum atomic E-state index is 9.40. The summed E-state index contributed by atoms with van der Waals surface area (Å²) < 4.78 is 0. The number of unbranched alkanes of at least 4 members (excludes halogenated alkanes) is 7. The minimum Gasteiger partial charge on any atom is -0.359 e. The topological polar surface area (TPSA) is 94.0 Å². The average molecular weight is 744 g/mol. The van der Waals surface area contributed by atoms with Crippen molar-refractivity contribution in [1.82, 2.24) is 36.0 Å². The molecule has 2 aliphatic rings. The molecule has 310 valence electrons. The Kier molecular flexibility index (Phi) is 20.2. The molecule has 2 fully saturated rings. The fraction of sp³-hybridized carbons (Fsp3) is 0.909. The smallest absolute Gasteiger partial charge is 0.221 e. The molecule has 0 aromatic rings. The van der Waals surface area contributed by atoms with Gasteiger partial charge in [-0.1, -0.05) is 72.8 Å². The van der Waals surface area contributed by atoms with E-state index < -0.39 is 0 Å². The van der Waals surface area contributed by atoms with Crippen LogP contribution in [0.1, 0.15) is 186 Å². The third-order valence-corrected chi connectivity index (χ3v) is 11.1. The van der Waals surface area contributed by atoms with Gasteiger partial charge in [0, 0.05) is 67.0 Å². The highest BCUT2D eigenvalue weighted by atomic mass is 15.4. The van der Waals surface area contributed by atoms with Crippen LogP contribution in [-0.2, 0) is 0 Å². The number of rotatable bonds is 23. The SMILES string of the molecule is C=C(NC(=NC(=N)N(CCCC)CCCC)N(CCCCCCNC1CC(C)(C)NC(C)(C)C1)C1CC(C)(C)NC(C)(C)C1)N(CCCC)CCCC. The summed E-state index contributed by atoms with van der Waals surface area (Å²) in [7, 11) is 0. The van der Waals surface area contributed by atoms with Crippen molar-refractivity contribution in [1.29, 1.82) is 5.41 Å². The summed E-state index contributed by atoms with van der Waals surface area (Å²) in [6, 6.07) is 0.862. The molecule has 2 rings (SSSR count). The lowest BCUT2D eigenvalue weighted by Gasteiger charge is -2.50. The lowest BCUT2D eigenvalue weighted by atomic mass is 9.79. The van der Waals surface area contributed by atoms with Gasteiger partial charge in [0.15, 0.2) is 0 Å². The van der Waals surface area contributed by atoms with Crippen molar-refractivity contribution in [3.8, 4) is 0 Å². The highest BCUT2D eigenvalue weighted by Crippen LogP contribution is 2.32. The van der Waals surface area contributed by atoms with Gasteiger partial charge in [-0.25, -0.2) is 0 Å². The fourth-order valence-electron chi connectivity index (χ4n) is 9.13. The van der Waals surface area contributed by atoms with E-state index in [-0.39, 0.29) is 22.2 Å². The monoisotopic (exact) mass is 744 g/mol. The van der Waals surface area contributed by atoms with Gasteiger partial charge in [0.25, 0.3) is 0 Å². The Hall–Kier alpha value is -1.84. The van der Waals surface area contributed by atoms with Crippen LogP contribution in [-0.4, -0.2) is 100 Å². The number of hydrogen-bond donors (Lipinski definition) is 5. The molecule has 9 heteroatoms. The fourth-order valence-corrected chi connectivity index (χ4v) is 9.13. The lowest BCUT2D eigenvalue weighted by Crippen LogP contribution is -2.64. The van der Waals surface area contributed by atoms with Crippen LogP contribution < -0.4 is 21.3 Å². The standard InChI is InChI=1S/C44H89N9/c1-14-18-27-51(28-19-15-2)36(5)47-40(48-39(45)52(29-20-16-3)30-21-17-4)53(38-34-43(10,11)50-44(12,13)35-38)31-25-23-22-24-26-46-37-32-41(6,7)49-42(8,9)33-37/h37-38,46,49-50H,5,14-35H2,1-4,6-13H3,(H2,45,47,48). The highest BCUT2D eigenvalue weighted by Gasteiger charge is 2.41. The second-order valence-corrected chi connectivity index (χ2v) is 19.2. The van der Waals surface area contributed by atoms with Crippen LogP contribution in [0, 0.1) is 5.41 Å². The summed E-state index contributed by atoms with van der Waals surface area (Å²) >= 11 is 0. The van der Waals surface area contributed by atoms with Crippen molar-refractivity contribution in [2.45, 2.75) is 220 Å². The van der Waals surface area contributed by atoms with Gasteiger partial charge in [-0.05, 0) is 126 Å². The van der Waals surface area contributed by atoms with E-state index in [0.717, 1.165) is 122 Å². The number of aliphatic imine (C=N–C) groups is 1. The van der Waals surface area contributed by atoms with Crippen molar-refractivity contribution in [3.05, 3.63) is 12.4 Å². The average Bonchev–Trinajstić information content (AvgIpc) is 3.02. The van der Waals surface area contributed by atoms with E-state index >= 15 is 0 Å². The van der Waals surface area contributed by atoms with Crippen LogP contribution in [0.5, 0.6) is 0 Å². The molecule has 0 aliphatic carbocycles. The molecule has 2 aliphatic heterocycles. The number of guanidine groups is 2. The van der Waals surface area contributed by atoms with Gasteiger partial charge < -0.3 is 36.0 Å². The van der Waals surface area contributed by atoms with E-state index in [9.17, 15) is 5.41 Å². The van der Waals surface area contributed by atoms with Crippen LogP contribution in [0.3, 0.4) is 0 Å². The van der Waals surface area contributed by atoms with Crippen LogP contribution in [0.4, 0.5) is 0 Å². The van der Waals surface area contributed by atoms with E-state index in [1.54, 1.807) is 0 Å². The number of piperidine rings is 2. The van der Waals surface area contributed by atoms with Gasteiger partial charge in [0.2, 0.25) is 11.9 Å². The van der Waals surface area contributed by atoms with E-state index in [1.807, 2.05) is 0 Å². The molecule has 0 aromatic carbocycles. The third kappa shape index (κ3) is 18.1. The zero-order chi connectivity index (χ0) is 39.7. The Bertz CT molecular complexity index is 1050. The summed E-state index contributed by atoms with van der Waals surface area (Å²) in [5, 5.41) is 24.9. The zero-order valence-corrected chi connectivity index (χ0v) is 37.2. The van der Waals surface area contributed by atoms with E-state index in [0.29, 0.717) is 18.0 Å². The number of nitrogens with zero attached hydrogens (tertiary/aromatic N) is 4. The van der Waals surface area contributed by atoms with E-state index in [2.05, 4.69) is 126 Å². The summed E-state index contributed by atoms with van der Waals surface area (Å²) in [5.74, 6) is 2.11. The first-order valence-electron chi connectivity index (χ1n) is 22.1. The molecule has 0 aromatic heterocycles. The predicted molar refractivity (Wildman–Crippen MR) is 232 cm³/mol. The normalized spacial score (nSPS) is 19.9. The molecule has 0 spiro atoms. The lowest BCUT2D eigenvalue weighted by molar-refractivity contribution is 0.100. The molecular formula is C44H89N9. The second-order valence-electron chi connectivity index (χ2n) is 19.2. The van der Waals surface area contributed by atoms with E-state index in [1.165, 1.54) is 32.1 Å². The van der Waals surface area contributed by atoms with Gasteiger partial charge in [-0.2, -0.15) is 4.99 Å². The molecule has 2 saturated heterocycles. The summed E-state index contributed by atoms with van der Waals surface area (Å²) in [6.07, 6.45) is 18.0. The molecule has 53 heavy (non-hydrogen) atoms. The minimum atomic E-state index is -0.00763. The molecule has 0 saturated carbocycles. The number of hydrogen-bond acceptors (Lipinski definition) is 5. The quantitative estimate of drug-likeness (QED) is 0.0405. The Morgan fingerprint density at radius 1 is 0.623 bits per heavy atom. The first-order chi connectivity index (χ1) is 24.9. The van der Waals surface area contributed by atoms with E-state index in [4.69, 9.17) is 4.99 Å². The van der Waals surface area contributed by atoms with Crippen molar-refractivity contribution < 1.29 is 0 Å². The first-order valence-corrected chi connectivity index (χ1v) is 22.1. The molecule has 5 N–H and O–H groups in total. The van der Waals surface area contributed by atoms with Crippen LogP contribution in [0.25, 0.3) is 0 Å². The van der Waals surface area contributed by atoms with Crippen molar-refractivity contribution in [2.24, 2.45) is 4.99 Å². The van der Waals surface area contributed by atoms with Gasteiger partial charge in [0.1, 0.15) is 5.82 Å². The second kappa shape index (κ2) is 22.6. The first kappa shape index (κ1) is 47.3. The Balaban J connectivity index is 2.35. The zero-order valence-electron chi connectivity index (χ0n) is 37.2. The maximum Gasteiger partial charge on any atom is 0.221 e. The van der Waals surface area contributed by atoms with Crippen LogP contribution >= 0.6 is 0 Å². The molecule has 0 unspecified atom stereocenters. The summed E-state index contributed by atoms with van der Waals surface area (Å²) in [6.45, 7) is 38.1. The van der Waals surface area contributed by atoms with Gasteiger partial charge in [-0.3, -0.25) is 5.41 Å². The van der Waals surface area contributed by atoms with Gasteiger partial charge in [0.05, 0.1) is 0 Å². The molecule has 9 nitrogen and oxygen atoms in total. The molecule has 0 bridgehead atoms. The largest absolute Gasteiger partial charge is 0.359 e. The van der Waals surface area contributed by atoms with Crippen LogP contribution in [0.2, 0.25) is 0 Å². The minimum absolute atomic E-state index is 0.00763. The maximum absolute atomic E-state index is 9.40. The molecule has 0 amide bonds. The Morgan fingerprint density at radius 2 is 1.06 bits per heavy atom. The van der Waals surface area contributed by atoms with Crippen molar-refractivity contribution >= 4 is 11.9 Å². The third-order valence-electron chi connectivity index (χ3n) is 11.1. The Morgan fingerprint density at radius 3 is 1.53 bits per heavy atom. The highest BCUT2D eigenvalue weighted by molar-refractivity contribution is 5.94. The van der Waals surface area contributed by atoms with Crippen LogP contribution in [0.15, 0.2) is 17.4 Å². The van der Waals surface area contributed by atoms with Crippen molar-refractivity contribution in [3.63, 3.8) is 0 Å². The molecule has 2 heterocycles. The van der Waals surface area contributed by atoms with Gasteiger partial charge >= 0.3 is 0 Å². The summed E-state index contributed by atoms with van der Waals surface area (Å²) in [4.78, 5) is 12.4. The van der Waals surface area contributed by atoms with Crippen molar-refractivity contribution in [2.75, 3.05) is 39.3 Å². The Labute approximate surface area is 329 Å². The number of nitrogens with one attached hydrogen (secondary N) is 5. The summed E-state index contributed by atoms with van der Waals surface area (Å²) in [5.41, 5.74) is 0.321. The molecular weight excluding hydrogens is 655 g/mol. The molecule has 0 radical (unpaired) electrons. The van der Waals surface area contributed by atoms with Gasteiger partial charge in [-0.15, -0.1) is 0 Å². The molecule has 0 atom stereocenters.